The highest BCUT2D eigenvalue weighted by atomic mass is 32.2. The largest absolute Gasteiger partial charge is 0.438 e. The number of hydrogen-bond acceptors (Lipinski definition) is 17. The molecule has 2 amide bonds. The van der Waals surface area contributed by atoms with Crippen LogP contribution in [-0.4, -0.2) is 94.3 Å². The SMILES string of the molecule is O=C(NCSC/N=C/OOCSCOC(=O)NCSC/N=C\OOCSCO)OCSCO. The summed E-state index contributed by atoms with van der Waals surface area (Å²) in [4.78, 5) is 49.1. The molecule has 33 heavy (non-hydrogen) atoms. The third-order valence-electron chi connectivity index (χ3n) is 2.33. The molecule has 192 valence electrons. The standard InChI is InChI=1S/C14H26N4O10S5/c19-7-31-9-23-13(21)17-5-29-4-16-2-26-28-12-33-10-24-14(22)18-6-30-3-15-1-25-27-11-32-8-20/h1-2,19-20H,3-12H2,(H,17,21)(H,18,22)/b15-1-,16-2+. The van der Waals surface area contributed by atoms with E-state index in [2.05, 4.69) is 30.4 Å². The van der Waals surface area contributed by atoms with Gasteiger partial charge < -0.3 is 40.1 Å². The fourth-order valence-electron chi connectivity index (χ4n) is 1.12. The Hall–Kier alpha value is -0.930. The number of nitrogens with zero attached hydrogens (tertiary/aromatic N) is 2. The molecule has 0 radical (unpaired) electrons. The smallest absolute Gasteiger partial charge is 0.408 e. The molecule has 0 aromatic heterocycles. The maximum absolute atomic E-state index is 11.4. The number of ether oxygens (including phenoxy) is 2. The Balaban J connectivity index is 3.33. The quantitative estimate of drug-likeness (QED) is 0.0368. The minimum absolute atomic E-state index is 0.0547. The van der Waals surface area contributed by atoms with Crippen molar-refractivity contribution in [3.05, 3.63) is 0 Å². The van der Waals surface area contributed by atoms with Gasteiger partial charge in [-0.15, -0.1) is 35.3 Å². The highest BCUT2D eigenvalue weighted by Crippen LogP contribution is 2.03. The summed E-state index contributed by atoms with van der Waals surface area (Å²) < 4.78 is 9.65. The summed E-state index contributed by atoms with van der Waals surface area (Å²) in [6.45, 7) is 0. The number of alkyl carbamates (subject to hydrolysis) is 2. The second-order valence-corrected chi connectivity index (χ2v) is 9.11. The summed E-state index contributed by atoms with van der Waals surface area (Å²) in [7, 11) is 0. The van der Waals surface area contributed by atoms with Crippen LogP contribution >= 0.6 is 58.8 Å². The number of hydrogen-bond donors (Lipinski definition) is 4. The summed E-state index contributed by atoms with van der Waals surface area (Å²) in [5, 5.41) is 22.0. The van der Waals surface area contributed by atoms with E-state index in [1.807, 2.05) is 0 Å². The number of aliphatic imine (C=N–C) groups is 2. The molecule has 0 aromatic rings. The molecule has 0 saturated heterocycles. The van der Waals surface area contributed by atoms with Gasteiger partial charge in [-0.3, -0.25) is 0 Å². The number of amides is 2. The zero-order valence-electron chi connectivity index (χ0n) is 17.3. The van der Waals surface area contributed by atoms with Crippen molar-refractivity contribution in [3.8, 4) is 0 Å². The molecular weight excluding hydrogens is 545 g/mol. The van der Waals surface area contributed by atoms with Crippen LogP contribution in [0.2, 0.25) is 0 Å². The molecule has 0 heterocycles. The summed E-state index contributed by atoms with van der Waals surface area (Å²) in [6.07, 6.45) is 1.09. The number of thioether (sulfide) groups is 5. The maximum Gasteiger partial charge on any atom is 0.408 e. The van der Waals surface area contributed by atoms with E-state index in [1.165, 1.54) is 35.3 Å². The molecule has 0 fully saturated rings. The third kappa shape index (κ3) is 27.2. The normalized spacial score (nSPS) is 11.0. The van der Waals surface area contributed by atoms with Crippen LogP contribution in [0, 0.1) is 0 Å². The molecule has 0 bridgehead atoms. The van der Waals surface area contributed by atoms with Crippen molar-refractivity contribution in [2.75, 3.05) is 59.1 Å². The van der Waals surface area contributed by atoms with Crippen molar-refractivity contribution >= 4 is 83.8 Å². The molecule has 0 unspecified atom stereocenters. The first-order valence-electron chi connectivity index (χ1n) is 8.65. The van der Waals surface area contributed by atoms with Crippen LogP contribution in [0.15, 0.2) is 9.98 Å². The Morgan fingerprint density at radius 3 is 1.67 bits per heavy atom. The first-order valence-corrected chi connectivity index (χ1v) is 14.4. The van der Waals surface area contributed by atoms with Crippen LogP contribution in [0.25, 0.3) is 0 Å². The molecule has 0 aliphatic rings. The Morgan fingerprint density at radius 1 is 0.697 bits per heavy atom. The Kier molecular flexibility index (Phi) is 26.5. The van der Waals surface area contributed by atoms with E-state index in [9.17, 15) is 9.59 Å². The van der Waals surface area contributed by atoms with Crippen LogP contribution in [-0.2, 0) is 29.0 Å². The van der Waals surface area contributed by atoms with E-state index in [0.717, 1.165) is 36.3 Å². The minimum atomic E-state index is -0.580. The van der Waals surface area contributed by atoms with Gasteiger partial charge in [0, 0.05) is 0 Å². The van der Waals surface area contributed by atoms with Crippen molar-refractivity contribution in [2.24, 2.45) is 9.98 Å². The summed E-state index contributed by atoms with van der Waals surface area (Å²) >= 11 is 6.01. The van der Waals surface area contributed by atoms with E-state index < -0.39 is 12.2 Å². The fraction of sp³-hybridized carbons (Fsp3) is 0.714. The first-order chi connectivity index (χ1) is 16.2. The number of rotatable bonds is 22. The van der Waals surface area contributed by atoms with Gasteiger partial charge >= 0.3 is 12.2 Å². The minimum Gasteiger partial charge on any atom is -0.438 e. The average molecular weight is 571 g/mol. The molecule has 4 N–H and O–H groups in total. The number of nitrogens with one attached hydrogen (secondary N) is 2. The van der Waals surface area contributed by atoms with E-state index in [-0.39, 0.29) is 35.6 Å². The van der Waals surface area contributed by atoms with E-state index in [4.69, 9.17) is 29.5 Å². The molecular formula is C14H26N4O10S5. The molecule has 0 saturated carbocycles. The molecule has 0 aliphatic carbocycles. The van der Waals surface area contributed by atoms with Gasteiger partial charge in [-0.25, -0.2) is 19.6 Å². The molecule has 0 atom stereocenters. The molecule has 19 heteroatoms. The molecule has 0 aromatic carbocycles. The number of aliphatic hydroxyl groups is 2. The number of carbonyl (C=O) groups excluding carboxylic acids is 2. The topological polar surface area (TPSA) is 179 Å². The van der Waals surface area contributed by atoms with E-state index >= 15 is 0 Å². The second kappa shape index (κ2) is 27.3. The van der Waals surface area contributed by atoms with Crippen molar-refractivity contribution < 1.29 is 48.8 Å². The van der Waals surface area contributed by atoms with E-state index in [0.29, 0.717) is 23.5 Å². The third-order valence-corrected chi connectivity index (χ3v) is 5.15. The van der Waals surface area contributed by atoms with Gasteiger partial charge in [0.1, 0.15) is 23.8 Å². The lowest BCUT2D eigenvalue weighted by atomic mass is 11.1. The molecule has 0 rings (SSSR count). The lowest BCUT2D eigenvalue weighted by Gasteiger charge is -2.05. The van der Waals surface area contributed by atoms with Gasteiger partial charge in [0.15, 0.2) is 0 Å². The Morgan fingerprint density at radius 2 is 1.15 bits per heavy atom. The van der Waals surface area contributed by atoms with Crippen LogP contribution in [0.4, 0.5) is 9.59 Å². The lowest BCUT2D eigenvalue weighted by Crippen LogP contribution is -2.23. The summed E-state index contributed by atoms with van der Waals surface area (Å²) in [5.41, 5.74) is 0. The van der Waals surface area contributed by atoms with Gasteiger partial charge in [0.05, 0.1) is 35.4 Å². The van der Waals surface area contributed by atoms with Crippen molar-refractivity contribution in [2.45, 2.75) is 0 Å². The van der Waals surface area contributed by atoms with Gasteiger partial charge in [0.25, 0.3) is 0 Å². The zero-order chi connectivity index (χ0) is 24.2. The predicted molar refractivity (Wildman–Crippen MR) is 132 cm³/mol. The van der Waals surface area contributed by atoms with Gasteiger partial charge in [-0.1, -0.05) is 23.5 Å². The van der Waals surface area contributed by atoms with Crippen LogP contribution in [0.5, 0.6) is 0 Å². The predicted octanol–water partition coefficient (Wildman–Crippen LogP) is 1.62. The van der Waals surface area contributed by atoms with Crippen molar-refractivity contribution in [1.29, 1.82) is 0 Å². The number of aliphatic hydroxyl groups excluding tert-OH is 2. The maximum atomic E-state index is 11.4. The Bertz CT molecular complexity index is 539. The van der Waals surface area contributed by atoms with Crippen LogP contribution in [0.1, 0.15) is 0 Å². The Labute approximate surface area is 211 Å². The first kappa shape index (κ1) is 32.1. The fourth-order valence-corrected chi connectivity index (χ4v) is 2.92. The van der Waals surface area contributed by atoms with Crippen molar-refractivity contribution in [3.63, 3.8) is 0 Å². The van der Waals surface area contributed by atoms with Crippen molar-refractivity contribution in [1.82, 2.24) is 10.6 Å². The number of carbonyl (C=O) groups is 2. The highest BCUT2D eigenvalue weighted by molar-refractivity contribution is 7.99. The van der Waals surface area contributed by atoms with Gasteiger partial charge in [0.2, 0.25) is 12.8 Å². The molecule has 0 aliphatic heterocycles. The van der Waals surface area contributed by atoms with E-state index in [1.54, 1.807) is 0 Å². The second-order valence-electron chi connectivity index (χ2n) is 4.52. The highest BCUT2D eigenvalue weighted by Gasteiger charge is 2.01. The molecule has 0 spiro atoms. The van der Waals surface area contributed by atoms with Gasteiger partial charge in [-0.2, -0.15) is 9.78 Å². The average Bonchev–Trinajstić information content (AvgIpc) is 2.81. The molecule has 14 nitrogen and oxygen atoms in total. The van der Waals surface area contributed by atoms with Crippen LogP contribution < -0.4 is 10.6 Å². The zero-order valence-corrected chi connectivity index (χ0v) is 21.4. The van der Waals surface area contributed by atoms with Gasteiger partial charge in [-0.05, 0) is 0 Å². The summed E-state index contributed by atoms with van der Waals surface area (Å²) in [6, 6.07) is 0. The summed E-state index contributed by atoms with van der Waals surface area (Å²) in [5.74, 6) is 1.58. The lowest BCUT2D eigenvalue weighted by molar-refractivity contribution is -0.196. The monoisotopic (exact) mass is 570 g/mol. The van der Waals surface area contributed by atoms with Crippen LogP contribution in [0.3, 0.4) is 0 Å².